The smallest absolute Gasteiger partial charge is 0.167 e. The van der Waals surface area contributed by atoms with Gasteiger partial charge in [-0.3, -0.25) is 4.57 Å². The van der Waals surface area contributed by atoms with Gasteiger partial charge in [-0.15, -0.1) is 0 Å². The summed E-state index contributed by atoms with van der Waals surface area (Å²) in [7, 11) is 0. The lowest BCUT2D eigenvalue weighted by Crippen LogP contribution is -2.39. The zero-order valence-corrected chi connectivity index (χ0v) is 11.1. The molecule has 2 fully saturated rings. The van der Waals surface area contributed by atoms with Crippen molar-refractivity contribution in [1.82, 2.24) is 19.5 Å². The maximum Gasteiger partial charge on any atom is 0.167 e. The van der Waals surface area contributed by atoms with Crippen molar-refractivity contribution in [3.63, 3.8) is 0 Å². The van der Waals surface area contributed by atoms with Gasteiger partial charge >= 0.3 is 0 Å². The molecule has 0 bridgehead atoms. The fourth-order valence-corrected chi connectivity index (χ4v) is 2.85. The van der Waals surface area contributed by atoms with Crippen molar-refractivity contribution in [2.24, 2.45) is 0 Å². The molecular formula is C13H17N5O2. The van der Waals surface area contributed by atoms with Gasteiger partial charge in [0.25, 0.3) is 0 Å². The third-order valence-corrected chi connectivity index (χ3v) is 4.03. The van der Waals surface area contributed by atoms with Crippen LogP contribution >= 0.6 is 0 Å². The highest BCUT2D eigenvalue weighted by molar-refractivity contribution is 5.82. The van der Waals surface area contributed by atoms with Crippen LogP contribution in [0.25, 0.3) is 11.2 Å². The van der Waals surface area contributed by atoms with Crippen LogP contribution < -0.4 is 5.32 Å². The normalized spacial score (nSPS) is 29.6. The summed E-state index contributed by atoms with van der Waals surface area (Å²) >= 11 is 0. The fraction of sp³-hybridized carbons (Fsp3) is 0.615. The molecule has 1 saturated heterocycles. The molecule has 0 amide bonds. The number of hydrogen-bond acceptors (Lipinski definition) is 6. The van der Waals surface area contributed by atoms with E-state index in [0.717, 1.165) is 49.3 Å². The van der Waals surface area contributed by atoms with Gasteiger partial charge in [-0.1, -0.05) is 0 Å². The van der Waals surface area contributed by atoms with E-state index in [9.17, 15) is 5.11 Å². The van der Waals surface area contributed by atoms with Gasteiger partial charge < -0.3 is 15.2 Å². The number of rotatable bonds is 3. The Morgan fingerprint density at radius 3 is 2.95 bits per heavy atom. The first-order valence-corrected chi connectivity index (χ1v) is 7.05. The van der Waals surface area contributed by atoms with E-state index in [0.29, 0.717) is 0 Å². The zero-order valence-electron chi connectivity index (χ0n) is 11.1. The average molecular weight is 275 g/mol. The van der Waals surface area contributed by atoms with E-state index in [1.807, 2.05) is 4.57 Å². The molecule has 2 aromatic heterocycles. The third-order valence-electron chi connectivity index (χ3n) is 4.03. The molecule has 106 valence electrons. The first-order chi connectivity index (χ1) is 9.81. The number of aromatic nitrogens is 4. The first kappa shape index (κ1) is 12.0. The molecule has 7 nitrogen and oxygen atoms in total. The average Bonchev–Trinajstić information content (AvgIpc) is 3.05. The standard InChI is InChI=1S/C13H17N5O2/c19-9-4-8(5-9)17-12-11-13(15-6-14-12)18(7-16-11)10-2-1-3-20-10/h6-10,19H,1-5H2,(H,14,15,17). The predicted molar refractivity (Wildman–Crippen MR) is 72.2 cm³/mol. The fourth-order valence-electron chi connectivity index (χ4n) is 2.85. The van der Waals surface area contributed by atoms with E-state index in [4.69, 9.17) is 4.74 Å². The van der Waals surface area contributed by atoms with Crippen LogP contribution in [0, 0.1) is 0 Å². The highest BCUT2D eigenvalue weighted by Crippen LogP contribution is 2.29. The number of ether oxygens (including phenoxy) is 1. The molecule has 1 aliphatic heterocycles. The topological polar surface area (TPSA) is 85.1 Å². The second-order valence-corrected chi connectivity index (χ2v) is 5.48. The van der Waals surface area contributed by atoms with E-state index in [1.54, 1.807) is 12.7 Å². The van der Waals surface area contributed by atoms with Crippen molar-refractivity contribution < 1.29 is 9.84 Å². The quantitative estimate of drug-likeness (QED) is 0.871. The minimum absolute atomic E-state index is 0.0354. The monoisotopic (exact) mass is 275 g/mol. The summed E-state index contributed by atoms with van der Waals surface area (Å²) in [6.45, 7) is 0.792. The molecule has 2 N–H and O–H groups in total. The number of aliphatic hydroxyl groups is 1. The van der Waals surface area contributed by atoms with Crippen LogP contribution in [0.5, 0.6) is 0 Å². The van der Waals surface area contributed by atoms with Crippen molar-refractivity contribution in [3.05, 3.63) is 12.7 Å². The molecule has 3 heterocycles. The largest absolute Gasteiger partial charge is 0.393 e. The van der Waals surface area contributed by atoms with Crippen LogP contribution in [0.1, 0.15) is 31.9 Å². The van der Waals surface area contributed by atoms with Crippen LogP contribution in [-0.4, -0.2) is 43.4 Å². The molecule has 0 radical (unpaired) electrons. The summed E-state index contributed by atoms with van der Waals surface area (Å²) in [4.78, 5) is 13.0. The van der Waals surface area contributed by atoms with Gasteiger partial charge in [0.2, 0.25) is 0 Å². The van der Waals surface area contributed by atoms with Crippen LogP contribution in [0.3, 0.4) is 0 Å². The second kappa shape index (κ2) is 4.68. The van der Waals surface area contributed by atoms with Gasteiger partial charge in [0.05, 0.1) is 12.4 Å². The summed E-state index contributed by atoms with van der Waals surface area (Å²) in [5, 5.41) is 12.7. The van der Waals surface area contributed by atoms with E-state index in [2.05, 4.69) is 20.3 Å². The van der Waals surface area contributed by atoms with Crippen molar-refractivity contribution in [2.45, 2.75) is 44.1 Å². The molecule has 20 heavy (non-hydrogen) atoms. The van der Waals surface area contributed by atoms with Crippen LogP contribution in [-0.2, 0) is 4.74 Å². The minimum atomic E-state index is -0.186. The molecule has 2 aromatic rings. The van der Waals surface area contributed by atoms with E-state index >= 15 is 0 Å². The van der Waals surface area contributed by atoms with Gasteiger partial charge in [-0.25, -0.2) is 15.0 Å². The van der Waals surface area contributed by atoms with Gasteiger partial charge in [-0.2, -0.15) is 0 Å². The Kier molecular flexibility index (Phi) is 2.82. The SMILES string of the molecule is OC1CC(Nc2ncnc3c2ncn3C2CCCO2)C1. The molecule has 1 aliphatic carbocycles. The first-order valence-electron chi connectivity index (χ1n) is 7.05. The summed E-state index contributed by atoms with van der Waals surface area (Å²) in [6, 6.07) is 0.274. The maximum atomic E-state index is 9.35. The number of hydrogen-bond donors (Lipinski definition) is 2. The molecule has 2 aliphatic rings. The molecular weight excluding hydrogens is 258 g/mol. The van der Waals surface area contributed by atoms with Crippen molar-refractivity contribution >= 4 is 17.0 Å². The van der Waals surface area contributed by atoms with E-state index in [-0.39, 0.29) is 18.4 Å². The minimum Gasteiger partial charge on any atom is -0.393 e. The number of aliphatic hydroxyl groups excluding tert-OH is 1. The van der Waals surface area contributed by atoms with Crippen molar-refractivity contribution in [3.8, 4) is 0 Å². The van der Waals surface area contributed by atoms with Gasteiger partial charge in [0.1, 0.15) is 12.6 Å². The van der Waals surface area contributed by atoms with Crippen LogP contribution in [0.4, 0.5) is 5.82 Å². The maximum absolute atomic E-state index is 9.35. The summed E-state index contributed by atoms with van der Waals surface area (Å²) in [6.07, 6.45) is 6.76. The van der Waals surface area contributed by atoms with Crippen LogP contribution in [0.15, 0.2) is 12.7 Å². The second-order valence-electron chi connectivity index (χ2n) is 5.48. The number of anilines is 1. The lowest BCUT2D eigenvalue weighted by Gasteiger charge is -2.32. The Bertz CT molecular complexity index is 616. The third kappa shape index (κ3) is 1.94. The molecule has 1 unspecified atom stereocenters. The summed E-state index contributed by atoms with van der Waals surface area (Å²) in [5.41, 5.74) is 1.57. The number of nitrogens with one attached hydrogen (secondary N) is 1. The predicted octanol–water partition coefficient (Wildman–Crippen LogP) is 1.07. The highest BCUT2D eigenvalue weighted by atomic mass is 16.5. The lowest BCUT2D eigenvalue weighted by molar-refractivity contribution is 0.0593. The van der Waals surface area contributed by atoms with Crippen molar-refractivity contribution in [2.75, 3.05) is 11.9 Å². The Hall–Kier alpha value is -1.73. The van der Waals surface area contributed by atoms with Gasteiger partial charge in [0.15, 0.2) is 17.0 Å². The zero-order chi connectivity index (χ0) is 13.5. The summed E-state index contributed by atoms with van der Waals surface area (Å²) in [5.74, 6) is 0.739. The Morgan fingerprint density at radius 2 is 2.20 bits per heavy atom. The molecule has 7 heteroatoms. The number of nitrogens with zero attached hydrogens (tertiary/aromatic N) is 4. The molecule has 4 rings (SSSR count). The van der Waals surface area contributed by atoms with Gasteiger partial charge in [0, 0.05) is 12.6 Å². The van der Waals surface area contributed by atoms with E-state index in [1.165, 1.54) is 0 Å². The van der Waals surface area contributed by atoms with Gasteiger partial charge in [-0.05, 0) is 25.7 Å². The Morgan fingerprint density at radius 1 is 1.30 bits per heavy atom. The molecule has 1 saturated carbocycles. The lowest BCUT2D eigenvalue weighted by atomic mass is 9.89. The van der Waals surface area contributed by atoms with E-state index < -0.39 is 0 Å². The summed E-state index contributed by atoms with van der Waals surface area (Å²) < 4.78 is 7.66. The number of fused-ring (bicyclic) bond motifs is 1. The molecule has 0 spiro atoms. The molecule has 0 aromatic carbocycles. The Labute approximate surface area is 116 Å². The van der Waals surface area contributed by atoms with Crippen molar-refractivity contribution in [1.29, 1.82) is 0 Å². The molecule has 1 atom stereocenters. The number of imidazole rings is 1. The Balaban J connectivity index is 1.65. The highest BCUT2D eigenvalue weighted by Gasteiger charge is 2.28. The van der Waals surface area contributed by atoms with Crippen LogP contribution in [0.2, 0.25) is 0 Å².